The second-order valence-corrected chi connectivity index (χ2v) is 10.0. The molecule has 0 aliphatic heterocycles. The van der Waals surface area contributed by atoms with E-state index in [1.165, 1.54) is 5.56 Å². The van der Waals surface area contributed by atoms with Gasteiger partial charge in [-0.1, -0.05) is 82.3 Å². The third-order valence-corrected chi connectivity index (χ3v) is 5.94. The van der Waals surface area contributed by atoms with Crippen LogP contribution in [0.15, 0.2) is 54.6 Å². The van der Waals surface area contributed by atoms with Crippen LogP contribution in [0.25, 0.3) is 11.1 Å². The van der Waals surface area contributed by atoms with E-state index in [9.17, 15) is 9.59 Å². The lowest BCUT2D eigenvalue weighted by molar-refractivity contribution is -0.123. The second kappa shape index (κ2) is 15.3. The molecule has 0 heterocycles. The smallest absolute Gasteiger partial charge is 0.237 e. The van der Waals surface area contributed by atoms with E-state index in [0.29, 0.717) is 38.3 Å². The van der Waals surface area contributed by atoms with Crippen molar-refractivity contribution in [3.63, 3.8) is 0 Å². The summed E-state index contributed by atoms with van der Waals surface area (Å²) in [5.41, 5.74) is 9.46. The normalized spacial score (nSPS) is 13.0. The SMILES string of the molecule is CC(C)CCCNC(=O)[C@@H](N)CCCNC(=O)C(Cc1ccc(-c2ccccc2)cc1)NC(C)C. The number of nitrogens with two attached hydrogens (primary N) is 1. The first-order valence-corrected chi connectivity index (χ1v) is 13.0. The van der Waals surface area contributed by atoms with Gasteiger partial charge in [-0.05, 0) is 54.7 Å². The van der Waals surface area contributed by atoms with Gasteiger partial charge in [0.2, 0.25) is 11.8 Å². The highest BCUT2D eigenvalue weighted by Gasteiger charge is 2.20. The molecule has 2 aromatic rings. The molecule has 0 bridgehead atoms. The van der Waals surface area contributed by atoms with E-state index in [1.54, 1.807) is 0 Å². The molecule has 2 rings (SSSR count). The van der Waals surface area contributed by atoms with Crippen molar-refractivity contribution in [1.29, 1.82) is 0 Å². The second-order valence-electron chi connectivity index (χ2n) is 10.0. The van der Waals surface area contributed by atoms with Crippen LogP contribution in [-0.4, -0.2) is 43.0 Å². The predicted molar refractivity (Wildman–Crippen MR) is 145 cm³/mol. The van der Waals surface area contributed by atoms with Crippen LogP contribution in [0, 0.1) is 5.92 Å². The molecule has 192 valence electrons. The fourth-order valence-corrected chi connectivity index (χ4v) is 3.97. The molecule has 1 unspecified atom stereocenters. The standard InChI is InChI=1S/C29H44N4O2/c1-21(2)10-8-18-31-28(34)26(30)13-9-19-32-29(35)27(33-22(3)4)20-23-14-16-25(17-15-23)24-11-6-5-7-12-24/h5-7,11-12,14-17,21-22,26-27,33H,8-10,13,18-20,30H2,1-4H3,(H,31,34)(H,32,35)/t26-,27?/m0/s1. The van der Waals surface area contributed by atoms with Crippen LogP contribution < -0.4 is 21.7 Å². The van der Waals surface area contributed by atoms with E-state index in [0.717, 1.165) is 24.0 Å². The summed E-state index contributed by atoms with van der Waals surface area (Å²) < 4.78 is 0. The van der Waals surface area contributed by atoms with Crippen LogP contribution in [0.1, 0.15) is 58.9 Å². The number of amides is 2. The van der Waals surface area contributed by atoms with Gasteiger partial charge in [-0.2, -0.15) is 0 Å². The van der Waals surface area contributed by atoms with Crippen LogP contribution in [0.3, 0.4) is 0 Å². The Kier molecular flexibility index (Phi) is 12.5. The monoisotopic (exact) mass is 480 g/mol. The molecule has 0 radical (unpaired) electrons. The van der Waals surface area contributed by atoms with Crippen LogP contribution in [0.4, 0.5) is 0 Å². The maximum absolute atomic E-state index is 12.9. The zero-order valence-corrected chi connectivity index (χ0v) is 21.8. The van der Waals surface area contributed by atoms with Gasteiger partial charge in [-0.15, -0.1) is 0 Å². The lowest BCUT2D eigenvalue weighted by atomic mass is 10.00. The summed E-state index contributed by atoms with van der Waals surface area (Å²) >= 11 is 0. The molecule has 0 spiro atoms. The van der Waals surface area contributed by atoms with Crippen LogP contribution >= 0.6 is 0 Å². The molecular weight excluding hydrogens is 436 g/mol. The summed E-state index contributed by atoms with van der Waals surface area (Å²) in [6, 6.07) is 17.9. The minimum atomic E-state index is -0.543. The fraction of sp³-hybridized carbons (Fsp3) is 0.517. The van der Waals surface area contributed by atoms with Crippen molar-refractivity contribution < 1.29 is 9.59 Å². The number of carbonyl (C=O) groups is 2. The Morgan fingerprint density at radius 3 is 1.94 bits per heavy atom. The fourth-order valence-electron chi connectivity index (χ4n) is 3.97. The third-order valence-electron chi connectivity index (χ3n) is 5.94. The van der Waals surface area contributed by atoms with E-state index < -0.39 is 6.04 Å². The van der Waals surface area contributed by atoms with E-state index in [1.807, 2.05) is 32.0 Å². The molecule has 0 aromatic heterocycles. The Morgan fingerprint density at radius 1 is 0.771 bits per heavy atom. The first-order chi connectivity index (χ1) is 16.8. The highest BCUT2D eigenvalue weighted by atomic mass is 16.2. The molecule has 0 aliphatic rings. The molecular formula is C29H44N4O2. The Labute approximate surface area is 211 Å². The molecule has 0 fully saturated rings. The highest BCUT2D eigenvalue weighted by molar-refractivity contribution is 5.82. The molecule has 2 aromatic carbocycles. The van der Waals surface area contributed by atoms with Gasteiger partial charge < -0.3 is 21.7 Å². The summed E-state index contributed by atoms with van der Waals surface area (Å²) in [7, 11) is 0. The molecule has 0 aliphatic carbocycles. The lowest BCUT2D eigenvalue weighted by Gasteiger charge is -2.21. The van der Waals surface area contributed by atoms with Gasteiger partial charge in [-0.3, -0.25) is 9.59 Å². The molecule has 2 amide bonds. The van der Waals surface area contributed by atoms with Gasteiger partial charge in [0.05, 0.1) is 12.1 Å². The van der Waals surface area contributed by atoms with Gasteiger partial charge in [0.1, 0.15) is 0 Å². The molecule has 5 N–H and O–H groups in total. The minimum Gasteiger partial charge on any atom is -0.355 e. The van der Waals surface area contributed by atoms with Crippen LogP contribution in [-0.2, 0) is 16.0 Å². The molecule has 2 atom stereocenters. The number of rotatable bonds is 15. The molecule has 0 saturated carbocycles. The summed E-state index contributed by atoms with van der Waals surface area (Å²) in [4.78, 5) is 25.0. The summed E-state index contributed by atoms with van der Waals surface area (Å²) in [5, 5.41) is 9.30. The van der Waals surface area contributed by atoms with Gasteiger partial charge in [-0.25, -0.2) is 0 Å². The Morgan fingerprint density at radius 2 is 1.34 bits per heavy atom. The first-order valence-electron chi connectivity index (χ1n) is 13.0. The Hall–Kier alpha value is -2.70. The number of hydrogen-bond donors (Lipinski definition) is 4. The van der Waals surface area contributed by atoms with Crippen LogP contribution in [0.5, 0.6) is 0 Å². The maximum Gasteiger partial charge on any atom is 0.237 e. The largest absolute Gasteiger partial charge is 0.355 e. The molecule has 0 saturated heterocycles. The minimum absolute atomic E-state index is 0.0301. The van der Waals surface area contributed by atoms with E-state index >= 15 is 0 Å². The predicted octanol–water partition coefficient (Wildman–Crippen LogP) is 4.04. The van der Waals surface area contributed by atoms with Gasteiger partial charge in [0.15, 0.2) is 0 Å². The van der Waals surface area contributed by atoms with Crippen molar-refractivity contribution in [2.24, 2.45) is 11.7 Å². The van der Waals surface area contributed by atoms with Crippen molar-refractivity contribution >= 4 is 11.8 Å². The highest BCUT2D eigenvalue weighted by Crippen LogP contribution is 2.19. The average Bonchev–Trinajstić information content (AvgIpc) is 2.84. The van der Waals surface area contributed by atoms with E-state index in [-0.39, 0.29) is 23.9 Å². The number of hydrogen-bond acceptors (Lipinski definition) is 4. The number of nitrogens with one attached hydrogen (secondary N) is 3. The maximum atomic E-state index is 12.9. The van der Waals surface area contributed by atoms with E-state index in [2.05, 4.69) is 66.2 Å². The molecule has 6 nitrogen and oxygen atoms in total. The average molecular weight is 481 g/mol. The van der Waals surface area contributed by atoms with Crippen molar-refractivity contribution in [2.75, 3.05) is 13.1 Å². The first kappa shape index (κ1) is 28.5. The Bertz CT molecular complexity index is 881. The zero-order valence-electron chi connectivity index (χ0n) is 21.8. The van der Waals surface area contributed by atoms with Gasteiger partial charge in [0, 0.05) is 19.1 Å². The molecule has 6 heteroatoms. The van der Waals surface area contributed by atoms with Crippen molar-refractivity contribution in [3.8, 4) is 11.1 Å². The topological polar surface area (TPSA) is 96.2 Å². The summed E-state index contributed by atoms with van der Waals surface area (Å²) in [6.45, 7) is 9.58. The summed E-state index contributed by atoms with van der Waals surface area (Å²) in [5.74, 6) is 0.489. The molecule has 35 heavy (non-hydrogen) atoms. The van der Waals surface area contributed by atoms with Crippen molar-refractivity contribution in [3.05, 3.63) is 60.2 Å². The van der Waals surface area contributed by atoms with Crippen molar-refractivity contribution in [1.82, 2.24) is 16.0 Å². The Balaban J connectivity index is 1.79. The zero-order chi connectivity index (χ0) is 25.6. The lowest BCUT2D eigenvalue weighted by Crippen LogP contribution is -2.48. The number of carbonyl (C=O) groups excluding carboxylic acids is 2. The van der Waals surface area contributed by atoms with Gasteiger partial charge >= 0.3 is 0 Å². The van der Waals surface area contributed by atoms with E-state index in [4.69, 9.17) is 5.73 Å². The van der Waals surface area contributed by atoms with Gasteiger partial charge in [0.25, 0.3) is 0 Å². The summed E-state index contributed by atoms with van der Waals surface area (Å²) in [6.07, 6.45) is 3.86. The van der Waals surface area contributed by atoms with Crippen molar-refractivity contribution in [2.45, 2.75) is 77.9 Å². The third kappa shape index (κ3) is 11.1. The quantitative estimate of drug-likeness (QED) is 0.289. The number of benzene rings is 2. The van der Waals surface area contributed by atoms with Crippen LogP contribution in [0.2, 0.25) is 0 Å².